The normalized spacial score (nSPS) is 33.0. The molecule has 0 bridgehead atoms. The molecular weight excluding hydrogens is 134 g/mol. The van der Waals surface area contributed by atoms with Gasteiger partial charge < -0.3 is 4.90 Å². The Balaban J connectivity index is 2.33. The molecule has 0 N–H and O–H groups in total. The third-order valence-corrected chi connectivity index (χ3v) is 3.03. The number of likely N-dealkylation sites (tertiary alicyclic amines) is 1. The fourth-order valence-corrected chi connectivity index (χ4v) is 1.92. The van der Waals surface area contributed by atoms with Crippen molar-refractivity contribution in [1.82, 2.24) is 4.90 Å². The van der Waals surface area contributed by atoms with Gasteiger partial charge in [0.25, 0.3) is 0 Å². The third-order valence-electron chi connectivity index (χ3n) is 3.03. The van der Waals surface area contributed by atoms with E-state index in [4.69, 9.17) is 0 Å². The second kappa shape index (κ2) is 3.57. The number of hydrogen-bond donors (Lipinski definition) is 0. The van der Waals surface area contributed by atoms with Gasteiger partial charge in [-0.05, 0) is 37.8 Å². The van der Waals surface area contributed by atoms with Crippen LogP contribution in [0.3, 0.4) is 0 Å². The maximum atomic E-state index is 2.60. The van der Waals surface area contributed by atoms with E-state index >= 15 is 0 Å². The molecule has 0 saturated carbocycles. The number of nitrogens with zero attached hydrogens (tertiary/aromatic N) is 1. The third kappa shape index (κ3) is 2.19. The van der Waals surface area contributed by atoms with Crippen molar-refractivity contribution in [1.29, 1.82) is 0 Å². The van der Waals surface area contributed by atoms with Crippen molar-refractivity contribution in [3.05, 3.63) is 0 Å². The monoisotopic (exact) mass is 155 g/mol. The van der Waals surface area contributed by atoms with Crippen molar-refractivity contribution in [2.45, 2.75) is 40.0 Å². The van der Waals surface area contributed by atoms with E-state index in [9.17, 15) is 0 Å². The van der Waals surface area contributed by atoms with Crippen molar-refractivity contribution in [2.24, 2.45) is 5.41 Å². The molecular formula is C10H21N. The molecule has 0 aliphatic carbocycles. The first kappa shape index (κ1) is 9.05. The topological polar surface area (TPSA) is 3.24 Å². The predicted molar refractivity (Wildman–Crippen MR) is 49.7 cm³/mol. The van der Waals surface area contributed by atoms with E-state index < -0.39 is 0 Å². The molecule has 1 nitrogen and oxygen atoms in total. The molecule has 66 valence electrons. The minimum Gasteiger partial charge on any atom is -0.303 e. The van der Waals surface area contributed by atoms with E-state index in [1.54, 1.807) is 0 Å². The van der Waals surface area contributed by atoms with Gasteiger partial charge in [0, 0.05) is 6.54 Å². The summed E-state index contributed by atoms with van der Waals surface area (Å²) < 4.78 is 0. The van der Waals surface area contributed by atoms with Crippen LogP contribution in [0.15, 0.2) is 0 Å². The van der Waals surface area contributed by atoms with Crippen molar-refractivity contribution in [3.8, 4) is 0 Å². The molecule has 1 aliphatic rings. The van der Waals surface area contributed by atoms with Gasteiger partial charge in [-0.3, -0.25) is 0 Å². The molecule has 1 aliphatic heterocycles. The largest absolute Gasteiger partial charge is 0.303 e. The lowest BCUT2D eigenvalue weighted by Gasteiger charge is -2.22. The number of hydrogen-bond acceptors (Lipinski definition) is 1. The van der Waals surface area contributed by atoms with E-state index in [0.717, 1.165) is 0 Å². The Hall–Kier alpha value is -0.0400. The molecule has 1 saturated heterocycles. The van der Waals surface area contributed by atoms with Gasteiger partial charge in [-0.1, -0.05) is 20.8 Å². The molecule has 0 radical (unpaired) electrons. The average Bonchev–Trinajstić information content (AvgIpc) is 2.35. The zero-order valence-electron chi connectivity index (χ0n) is 8.19. The molecule has 1 heteroatoms. The maximum Gasteiger partial charge on any atom is 0.00357 e. The summed E-state index contributed by atoms with van der Waals surface area (Å²) in [6.45, 7) is 11.0. The van der Waals surface area contributed by atoms with Gasteiger partial charge in [-0.15, -0.1) is 0 Å². The van der Waals surface area contributed by atoms with Crippen LogP contribution in [0.5, 0.6) is 0 Å². The standard InChI is InChI=1S/C10H21N/c1-4-7-11-8-6-10(3,5-2)9-11/h4-9H2,1-3H3. The highest BCUT2D eigenvalue weighted by Crippen LogP contribution is 2.32. The molecule has 11 heavy (non-hydrogen) atoms. The van der Waals surface area contributed by atoms with E-state index in [1.165, 1.54) is 38.9 Å². The van der Waals surface area contributed by atoms with Gasteiger partial charge in [0.2, 0.25) is 0 Å². The zero-order valence-corrected chi connectivity index (χ0v) is 8.19. The van der Waals surface area contributed by atoms with Gasteiger partial charge in [0.15, 0.2) is 0 Å². The molecule has 1 unspecified atom stereocenters. The zero-order chi connectivity index (χ0) is 8.32. The Kier molecular flexibility index (Phi) is 2.94. The molecule has 0 aromatic heterocycles. The summed E-state index contributed by atoms with van der Waals surface area (Å²) in [6.07, 6.45) is 4.05. The van der Waals surface area contributed by atoms with Gasteiger partial charge in [-0.2, -0.15) is 0 Å². The summed E-state index contributed by atoms with van der Waals surface area (Å²) in [5.41, 5.74) is 0.634. The van der Waals surface area contributed by atoms with Crippen LogP contribution in [0.25, 0.3) is 0 Å². The van der Waals surface area contributed by atoms with Gasteiger partial charge in [-0.25, -0.2) is 0 Å². The lowest BCUT2D eigenvalue weighted by atomic mass is 9.87. The summed E-state index contributed by atoms with van der Waals surface area (Å²) in [7, 11) is 0. The lowest BCUT2D eigenvalue weighted by Crippen LogP contribution is -2.25. The van der Waals surface area contributed by atoms with E-state index in [-0.39, 0.29) is 0 Å². The summed E-state index contributed by atoms with van der Waals surface area (Å²) in [5, 5.41) is 0. The van der Waals surface area contributed by atoms with E-state index in [2.05, 4.69) is 25.7 Å². The minimum absolute atomic E-state index is 0.634. The summed E-state index contributed by atoms with van der Waals surface area (Å²) >= 11 is 0. The van der Waals surface area contributed by atoms with Gasteiger partial charge >= 0.3 is 0 Å². The van der Waals surface area contributed by atoms with Crippen molar-refractivity contribution in [3.63, 3.8) is 0 Å². The van der Waals surface area contributed by atoms with Crippen LogP contribution in [0, 0.1) is 5.41 Å². The highest BCUT2D eigenvalue weighted by molar-refractivity contribution is 4.84. The first-order valence-corrected chi connectivity index (χ1v) is 4.92. The Morgan fingerprint density at radius 3 is 2.55 bits per heavy atom. The van der Waals surface area contributed by atoms with Crippen LogP contribution >= 0.6 is 0 Å². The Morgan fingerprint density at radius 1 is 1.36 bits per heavy atom. The van der Waals surface area contributed by atoms with Crippen molar-refractivity contribution in [2.75, 3.05) is 19.6 Å². The van der Waals surface area contributed by atoms with E-state index in [1.807, 2.05) is 0 Å². The van der Waals surface area contributed by atoms with Crippen LogP contribution in [0.2, 0.25) is 0 Å². The molecule has 1 heterocycles. The molecule has 0 aromatic carbocycles. The van der Waals surface area contributed by atoms with Crippen LogP contribution in [0.4, 0.5) is 0 Å². The van der Waals surface area contributed by atoms with E-state index in [0.29, 0.717) is 5.41 Å². The number of rotatable bonds is 3. The fourth-order valence-electron chi connectivity index (χ4n) is 1.92. The molecule has 1 atom stereocenters. The summed E-state index contributed by atoms with van der Waals surface area (Å²) in [5.74, 6) is 0. The van der Waals surface area contributed by atoms with Crippen molar-refractivity contribution >= 4 is 0 Å². The quantitative estimate of drug-likeness (QED) is 0.605. The fraction of sp³-hybridized carbons (Fsp3) is 1.00. The predicted octanol–water partition coefficient (Wildman–Crippen LogP) is 2.52. The highest BCUT2D eigenvalue weighted by Gasteiger charge is 2.30. The first-order valence-electron chi connectivity index (χ1n) is 4.92. The molecule has 1 fully saturated rings. The first-order chi connectivity index (χ1) is 5.20. The minimum atomic E-state index is 0.634. The van der Waals surface area contributed by atoms with Crippen LogP contribution in [-0.4, -0.2) is 24.5 Å². The Bertz CT molecular complexity index is 122. The summed E-state index contributed by atoms with van der Waals surface area (Å²) in [4.78, 5) is 2.60. The highest BCUT2D eigenvalue weighted by atomic mass is 15.1. The van der Waals surface area contributed by atoms with Gasteiger partial charge in [0.1, 0.15) is 0 Å². The Morgan fingerprint density at radius 2 is 2.09 bits per heavy atom. The molecule has 1 rings (SSSR count). The van der Waals surface area contributed by atoms with Crippen molar-refractivity contribution < 1.29 is 0 Å². The van der Waals surface area contributed by atoms with Crippen LogP contribution < -0.4 is 0 Å². The Labute approximate surface area is 70.8 Å². The van der Waals surface area contributed by atoms with Gasteiger partial charge in [0.05, 0.1) is 0 Å². The lowest BCUT2D eigenvalue weighted by molar-refractivity contribution is 0.269. The van der Waals surface area contributed by atoms with Crippen LogP contribution in [0.1, 0.15) is 40.0 Å². The smallest absolute Gasteiger partial charge is 0.00357 e. The maximum absolute atomic E-state index is 2.60. The second-order valence-corrected chi connectivity index (χ2v) is 4.19. The van der Waals surface area contributed by atoms with Crippen LogP contribution in [-0.2, 0) is 0 Å². The summed E-state index contributed by atoms with van der Waals surface area (Å²) in [6, 6.07) is 0. The molecule has 0 spiro atoms. The average molecular weight is 155 g/mol. The molecule has 0 amide bonds. The molecule has 0 aromatic rings. The SMILES string of the molecule is CCCN1CCC(C)(CC)C1. The second-order valence-electron chi connectivity index (χ2n) is 4.19.